The van der Waals surface area contributed by atoms with Gasteiger partial charge in [0.25, 0.3) is 0 Å². The molecular weight excluding hydrogens is 508 g/mol. The van der Waals surface area contributed by atoms with Gasteiger partial charge < -0.3 is 20.3 Å². The second-order valence-corrected chi connectivity index (χ2v) is 10.2. The molecule has 0 saturated carbocycles. The van der Waals surface area contributed by atoms with Crippen molar-refractivity contribution in [2.45, 2.75) is 39.5 Å². The van der Waals surface area contributed by atoms with Crippen LogP contribution in [0.3, 0.4) is 0 Å². The van der Waals surface area contributed by atoms with Crippen molar-refractivity contribution in [2.75, 3.05) is 51.4 Å². The van der Waals surface area contributed by atoms with Crippen LogP contribution in [0.5, 0.6) is 0 Å². The molecular formula is C30H42N6O4. The second-order valence-electron chi connectivity index (χ2n) is 10.2. The molecule has 0 saturated heterocycles. The highest BCUT2D eigenvalue weighted by Crippen LogP contribution is 2.26. The first-order valence-electron chi connectivity index (χ1n) is 13.6. The molecule has 3 rings (SSSR count). The van der Waals surface area contributed by atoms with E-state index in [1.54, 1.807) is 16.9 Å². The molecule has 40 heavy (non-hydrogen) atoms. The summed E-state index contributed by atoms with van der Waals surface area (Å²) in [5.74, 6) is 0.457. The van der Waals surface area contributed by atoms with Crippen LogP contribution in [0.1, 0.15) is 38.6 Å². The number of urea groups is 1. The minimum atomic E-state index is -0.600. The summed E-state index contributed by atoms with van der Waals surface area (Å²) in [5.41, 5.74) is 3.23. The average Bonchev–Trinajstić information content (AvgIpc) is 3.38. The van der Waals surface area contributed by atoms with Crippen LogP contribution in [-0.2, 0) is 10.2 Å². The third-order valence-corrected chi connectivity index (χ3v) is 6.57. The van der Waals surface area contributed by atoms with Crippen molar-refractivity contribution in [3.63, 3.8) is 0 Å². The first kappa shape index (κ1) is 31.0. The second kappa shape index (κ2) is 15.3. The van der Waals surface area contributed by atoms with Crippen LogP contribution in [-0.4, -0.2) is 82.0 Å². The zero-order chi connectivity index (χ0) is 29.0. The van der Waals surface area contributed by atoms with Crippen molar-refractivity contribution in [3.05, 3.63) is 83.5 Å². The van der Waals surface area contributed by atoms with E-state index in [1.165, 1.54) is 0 Å². The van der Waals surface area contributed by atoms with Crippen molar-refractivity contribution < 1.29 is 19.7 Å². The molecule has 2 amide bonds. The third-order valence-electron chi connectivity index (χ3n) is 6.57. The highest BCUT2D eigenvalue weighted by atomic mass is 16.5. The quantitative estimate of drug-likeness (QED) is 0.265. The van der Waals surface area contributed by atoms with E-state index >= 15 is 0 Å². The van der Waals surface area contributed by atoms with Gasteiger partial charge >= 0.3 is 6.03 Å². The summed E-state index contributed by atoms with van der Waals surface area (Å²) < 4.78 is 7.36. The van der Waals surface area contributed by atoms with Gasteiger partial charge in [-0.15, -0.1) is 0 Å². The molecule has 2 aromatic heterocycles. The molecule has 10 nitrogen and oxygen atoms in total. The predicted molar refractivity (Wildman–Crippen MR) is 157 cm³/mol. The normalized spacial score (nSPS) is 14.8. The van der Waals surface area contributed by atoms with E-state index in [1.807, 2.05) is 69.4 Å². The number of hydrogen-bond acceptors (Lipinski definition) is 7. The number of aliphatic hydroxyl groups is 2. The number of hydrogen-bond donors (Lipinski definition) is 4. The van der Waals surface area contributed by atoms with Gasteiger partial charge in [0.05, 0.1) is 44.0 Å². The van der Waals surface area contributed by atoms with Gasteiger partial charge in [0.2, 0.25) is 0 Å². The highest BCUT2D eigenvalue weighted by molar-refractivity contribution is 5.90. The fraction of sp³-hybridized carbons (Fsp3) is 0.433. The Kier molecular flexibility index (Phi) is 11.8. The number of aliphatic hydroxyl groups excluding tert-OH is 2. The van der Waals surface area contributed by atoms with E-state index in [9.17, 15) is 9.90 Å². The number of nitrogens with zero attached hydrogens (tertiary/aromatic N) is 4. The van der Waals surface area contributed by atoms with Gasteiger partial charge in [-0.2, -0.15) is 5.10 Å². The predicted octanol–water partition coefficient (Wildman–Crippen LogP) is 3.62. The van der Waals surface area contributed by atoms with Gasteiger partial charge in [-0.3, -0.25) is 15.2 Å². The van der Waals surface area contributed by atoms with E-state index < -0.39 is 11.4 Å². The topological polar surface area (TPSA) is 125 Å². The molecule has 0 fully saturated rings. The highest BCUT2D eigenvalue weighted by Gasteiger charge is 2.25. The Balaban J connectivity index is 1.74. The largest absolute Gasteiger partial charge is 0.395 e. The number of likely N-dealkylation sites (N-methyl/N-ethyl adjacent to an activating group) is 1. The van der Waals surface area contributed by atoms with Crippen LogP contribution >= 0.6 is 0 Å². The van der Waals surface area contributed by atoms with Gasteiger partial charge in [-0.05, 0) is 43.7 Å². The van der Waals surface area contributed by atoms with Crippen molar-refractivity contribution in [2.24, 2.45) is 0 Å². The van der Waals surface area contributed by atoms with Crippen molar-refractivity contribution in [3.8, 4) is 5.69 Å². The first-order chi connectivity index (χ1) is 19.3. The summed E-state index contributed by atoms with van der Waals surface area (Å²) in [4.78, 5) is 19.7. The summed E-state index contributed by atoms with van der Waals surface area (Å²) in [5, 5.41) is 29.6. The lowest BCUT2D eigenvalue weighted by Gasteiger charge is -2.18. The van der Waals surface area contributed by atoms with Crippen LogP contribution in [0, 0.1) is 6.92 Å². The summed E-state index contributed by atoms with van der Waals surface area (Å²) in [6.45, 7) is 10.9. The lowest BCUT2D eigenvalue weighted by molar-refractivity contribution is 0.115. The fourth-order valence-electron chi connectivity index (χ4n) is 3.96. The smallest absolute Gasteiger partial charge is 0.324 e. The van der Waals surface area contributed by atoms with E-state index in [2.05, 4.69) is 32.5 Å². The molecule has 0 aliphatic heterocycles. The monoisotopic (exact) mass is 550 g/mol. The molecule has 2 aromatic rings. The molecule has 0 bridgehead atoms. The van der Waals surface area contributed by atoms with E-state index in [4.69, 9.17) is 9.84 Å². The molecule has 0 radical (unpaired) electrons. The molecule has 1 aliphatic carbocycles. The van der Waals surface area contributed by atoms with Gasteiger partial charge in [0.1, 0.15) is 5.82 Å². The third kappa shape index (κ3) is 8.99. The van der Waals surface area contributed by atoms with E-state index in [0.717, 1.165) is 24.4 Å². The number of ether oxygens (including phenoxy) is 1. The zero-order valence-corrected chi connectivity index (χ0v) is 23.9. The van der Waals surface area contributed by atoms with Crippen molar-refractivity contribution in [1.82, 2.24) is 25.0 Å². The number of carbonyl (C=O) groups is 1. The number of allylic oxidation sites excluding steroid dienone is 6. The number of rotatable bonds is 14. The van der Waals surface area contributed by atoms with Gasteiger partial charge in [-0.1, -0.05) is 51.2 Å². The number of aryl methyl sites for hydroxylation is 1. The van der Waals surface area contributed by atoms with Crippen molar-refractivity contribution >= 4 is 11.8 Å². The average molecular weight is 551 g/mol. The number of anilines is 1. The molecule has 216 valence electrons. The van der Waals surface area contributed by atoms with Gasteiger partial charge in [-0.25, -0.2) is 9.48 Å². The molecule has 10 heteroatoms. The van der Waals surface area contributed by atoms with Crippen LogP contribution in [0.15, 0.2) is 72.1 Å². The lowest BCUT2D eigenvalue weighted by Crippen LogP contribution is -2.30. The zero-order valence-electron chi connectivity index (χ0n) is 23.9. The van der Waals surface area contributed by atoms with E-state index in [0.29, 0.717) is 49.1 Å². The Morgan fingerprint density at radius 3 is 2.73 bits per heavy atom. The Morgan fingerprint density at radius 2 is 2.08 bits per heavy atom. The Morgan fingerprint density at radius 1 is 1.25 bits per heavy atom. The number of nitrogens with one attached hydrogen (secondary N) is 2. The van der Waals surface area contributed by atoms with Crippen LogP contribution in [0.2, 0.25) is 0 Å². The standard InChI is InChI=1S/C30H42N6O4/c1-5-35(15-17-37)16-19-40-18-9-12-26(24-10-7-6-8-11-24)32-29(39)33-28-20-27(30(3,4)22-38)34-36(28)25-14-13-23(2)31-21-25/h6-10,12-14,20-21,37-38H,5,11,15-19,22H2,1-4H3,(H2,32,33,39)/b12-9-,26-24+. The number of pyridine rings is 1. The maximum Gasteiger partial charge on any atom is 0.324 e. The first-order valence-corrected chi connectivity index (χ1v) is 13.6. The molecule has 0 spiro atoms. The minimum Gasteiger partial charge on any atom is -0.395 e. The fourth-order valence-corrected chi connectivity index (χ4v) is 3.96. The number of aromatic nitrogens is 3. The van der Waals surface area contributed by atoms with Gasteiger partial charge in [0, 0.05) is 36.0 Å². The van der Waals surface area contributed by atoms with E-state index in [-0.39, 0.29) is 13.2 Å². The maximum atomic E-state index is 13.2. The molecule has 0 aromatic carbocycles. The molecule has 0 unspecified atom stereocenters. The summed E-state index contributed by atoms with van der Waals surface area (Å²) in [6, 6.07) is 5.11. The van der Waals surface area contributed by atoms with Crippen LogP contribution in [0.4, 0.5) is 10.6 Å². The Labute approximate surface area is 236 Å². The molecule has 0 atom stereocenters. The van der Waals surface area contributed by atoms with Crippen LogP contribution < -0.4 is 10.6 Å². The SMILES string of the molecule is CCN(CCO)CCOC/C=C\C(NC(=O)Nc1cc(C(C)(C)CO)nn1-c1ccc(C)nc1)=C1\C=CC=CC1. The van der Waals surface area contributed by atoms with Crippen LogP contribution in [0.25, 0.3) is 5.69 Å². The number of amides is 2. The number of carbonyl (C=O) groups excluding carboxylic acids is 1. The molecule has 4 N–H and O–H groups in total. The van der Waals surface area contributed by atoms with Crippen molar-refractivity contribution in [1.29, 1.82) is 0 Å². The van der Waals surface area contributed by atoms with Gasteiger partial charge in [0.15, 0.2) is 0 Å². The lowest BCUT2D eigenvalue weighted by atomic mass is 9.91. The molecule has 2 heterocycles. The maximum absolute atomic E-state index is 13.2. The summed E-state index contributed by atoms with van der Waals surface area (Å²) in [7, 11) is 0. The Hall–Kier alpha value is -3.57. The molecule has 1 aliphatic rings. The Bertz CT molecular complexity index is 1230. The summed E-state index contributed by atoms with van der Waals surface area (Å²) in [6.07, 6.45) is 14.0. The summed E-state index contributed by atoms with van der Waals surface area (Å²) >= 11 is 0. The minimum absolute atomic E-state index is 0.0946.